The van der Waals surface area contributed by atoms with Crippen LogP contribution in [0.1, 0.15) is 258 Å². The zero-order valence-electron chi connectivity index (χ0n) is 38.5. The summed E-state index contributed by atoms with van der Waals surface area (Å²) in [6.45, 7) is 4.82. The first-order valence-corrected chi connectivity index (χ1v) is 25.3. The molecule has 0 aromatic rings. The molecule has 340 valence electrons. The highest BCUT2D eigenvalue weighted by molar-refractivity contribution is 5.76. The van der Waals surface area contributed by atoms with Gasteiger partial charge < -0.3 is 20.3 Å². The molecule has 2 atom stereocenters. The molecule has 2 unspecified atom stereocenters. The minimum atomic E-state index is -0.856. The highest BCUT2D eigenvalue weighted by Crippen LogP contribution is 2.15. The van der Waals surface area contributed by atoms with E-state index in [1.807, 2.05) is 6.08 Å². The molecule has 0 rings (SSSR count). The van der Waals surface area contributed by atoms with Crippen LogP contribution in [-0.2, 0) is 14.3 Å². The third-order valence-corrected chi connectivity index (χ3v) is 11.4. The summed E-state index contributed by atoms with van der Waals surface area (Å²) in [5.41, 5.74) is 0. The number of amides is 1. The number of hydrogen-bond acceptors (Lipinski definition) is 5. The highest BCUT2D eigenvalue weighted by atomic mass is 16.5. The van der Waals surface area contributed by atoms with Gasteiger partial charge in [-0.05, 0) is 64.2 Å². The molecule has 0 spiro atoms. The lowest BCUT2D eigenvalue weighted by Gasteiger charge is -2.20. The van der Waals surface area contributed by atoms with Gasteiger partial charge in [-0.15, -0.1) is 0 Å². The first-order chi connectivity index (χ1) is 28.5. The Morgan fingerprint density at radius 2 is 0.845 bits per heavy atom. The van der Waals surface area contributed by atoms with Crippen molar-refractivity contribution in [2.45, 2.75) is 270 Å². The fraction of sp³-hybridized carbons (Fsp3) is 0.846. The third kappa shape index (κ3) is 43.7. The number of carbonyl (C=O) groups excluding carboxylic acids is 2. The highest BCUT2D eigenvalue weighted by Gasteiger charge is 2.18. The van der Waals surface area contributed by atoms with E-state index >= 15 is 0 Å². The Morgan fingerprint density at radius 3 is 1.28 bits per heavy atom. The molecular formula is C52H97NO5. The van der Waals surface area contributed by atoms with Gasteiger partial charge in [-0.25, -0.2) is 0 Å². The molecule has 3 N–H and O–H groups in total. The quantitative estimate of drug-likeness (QED) is 0.0246. The van der Waals surface area contributed by atoms with E-state index in [9.17, 15) is 19.8 Å². The zero-order chi connectivity index (χ0) is 42.3. The second-order valence-electron chi connectivity index (χ2n) is 17.2. The number of carbonyl (C=O) groups is 2. The molecule has 0 aromatic heterocycles. The predicted molar refractivity (Wildman–Crippen MR) is 250 cm³/mol. The molecule has 0 heterocycles. The summed E-state index contributed by atoms with van der Waals surface area (Å²) in [5.74, 6) is -0.114. The van der Waals surface area contributed by atoms with Gasteiger partial charge in [0, 0.05) is 12.8 Å². The van der Waals surface area contributed by atoms with Gasteiger partial charge in [-0.1, -0.05) is 217 Å². The molecule has 0 aliphatic carbocycles. The van der Waals surface area contributed by atoms with Crippen LogP contribution in [-0.4, -0.2) is 47.4 Å². The van der Waals surface area contributed by atoms with Gasteiger partial charge in [0.2, 0.25) is 5.91 Å². The van der Waals surface area contributed by atoms with Crippen LogP contribution in [0.25, 0.3) is 0 Å². The molecule has 58 heavy (non-hydrogen) atoms. The SMILES string of the molecule is CCCCCCCCCC/C=C/C(O)C(CO)NC(=O)CCCCCCCC/C=C\C=C/CCCCCOC(=O)CCCCCCCCCCCCCCCCCC. The minimum Gasteiger partial charge on any atom is -0.466 e. The van der Waals surface area contributed by atoms with Crippen LogP contribution < -0.4 is 5.32 Å². The number of aliphatic hydroxyl groups is 2. The number of ether oxygens (including phenoxy) is 1. The molecule has 6 nitrogen and oxygen atoms in total. The van der Waals surface area contributed by atoms with Crippen molar-refractivity contribution in [1.82, 2.24) is 5.32 Å². The monoisotopic (exact) mass is 816 g/mol. The van der Waals surface area contributed by atoms with Gasteiger partial charge in [-0.3, -0.25) is 9.59 Å². The molecule has 6 heteroatoms. The average molecular weight is 816 g/mol. The van der Waals surface area contributed by atoms with Crippen LogP contribution in [0.2, 0.25) is 0 Å². The molecular weight excluding hydrogens is 719 g/mol. The van der Waals surface area contributed by atoms with Gasteiger partial charge in [0.25, 0.3) is 0 Å². The number of nitrogens with one attached hydrogen (secondary N) is 1. The van der Waals surface area contributed by atoms with Crippen LogP contribution >= 0.6 is 0 Å². The average Bonchev–Trinajstić information content (AvgIpc) is 3.22. The number of esters is 1. The second kappa shape index (κ2) is 47.8. The molecule has 0 saturated heterocycles. The second-order valence-corrected chi connectivity index (χ2v) is 17.2. The molecule has 0 radical (unpaired) electrons. The Hall–Kier alpha value is -1.92. The van der Waals surface area contributed by atoms with Crippen molar-refractivity contribution in [2.24, 2.45) is 0 Å². The fourth-order valence-electron chi connectivity index (χ4n) is 7.50. The number of allylic oxidation sites excluding steroid dienone is 5. The van der Waals surface area contributed by atoms with Gasteiger partial charge in [0.05, 0.1) is 25.4 Å². The molecule has 0 saturated carbocycles. The summed E-state index contributed by atoms with van der Waals surface area (Å²) < 4.78 is 5.44. The third-order valence-electron chi connectivity index (χ3n) is 11.4. The summed E-state index contributed by atoms with van der Waals surface area (Å²) >= 11 is 0. The molecule has 0 aromatic carbocycles. The van der Waals surface area contributed by atoms with Crippen molar-refractivity contribution in [1.29, 1.82) is 0 Å². The molecule has 0 aliphatic heterocycles. The van der Waals surface area contributed by atoms with Crippen LogP contribution in [0.3, 0.4) is 0 Å². The van der Waals surface area contributed by atoms with Crippen LogP contribution in [0, 0.1) is 0 Å². The first-order valence-electron chi connectivity index (χ1n) is 25.3. The Labute approximate surface area is 360 Å². The number of unbranched alkanes of at least 4 members (excludes halogenated alkanes) is 32. The van der Waals surface area contributed by atoms with E-state index in [-0.39, 0.29) is 18.5 Å². The fourth-order valence-corrected chi connectivity index (χ4v) is 7.50. The Bertz CT molecular complexity index is 946. The normalized spacial score (nSPS) is 13.0. The summed E-state index contributed by atoms with van der Waals surface area (Å²) in [6, 6.07) is -0.642. The number of aliphatic hydroxyl groups excluding tert-OH is 2. The van der Waals surface area contributed by atoms with Crippen molar-refractivity contribution in [3.8, 4) is 0 Å². The lowest BCUT2D eigenvalue weighted by molar-refractivity contribution is -0.143. The van der Waals surface area contributed by atoms with Crippen molar-refractivity contribution in [3.05, 3.63) is 36.5 Å². The van der Waals surface area contributed by atoms with Crippen molar-refractivity contribution >= 4 is 11.9 Å². The topological polar surface area (TPSA) is 95.9 Å². The van der Waals surface area contributed by atoms with E-state index in [0.717, 1.165) is 77.0 Å². The van der Waals surface area contributed by atoms with Crippen LogP contribution in [0.15, 0.2) is 36.5 Å². The van der Waals surface area contributed by atoms with E-state index in [1.165, 1.54) is 154 Å². The van der Waals surface area contributed by atoms with E-state index < -0.39 is 12.1 Å². The minimum absolute atomic E-state index is 0.0204. The van der Waals surface area contributed by atoms with E-state index in [2.05, 4.69) is 43.5 Å². The van der Waals surface area contributed by atoms with Gasteiger partial charge in [-0.2, -0.15) is 0 Å². The predicted octanol–water partition coefficient (Wildman–Crippen LogP) is 14.9. The van der Waals surface area contributed by atoms with Crippen molar-refractivity contribution < 1.29 is 24.5 Å². The van der Waals surface area contributed by atoms with Crippen LogP contribution in [0.5, 0.6) is 0 Å². The van der Waals surface area contributed by atoms with Gasteiger partial charge in [0.1, 0.15) is 0 Å². The van der Waals surface area contributed by atoms with Gasteiger partial charge >= 0.3 is 5.97 Å². The Morgan fingerprint density at radius 1 is 0.483 bits per heavy atom. The lowest BCUT2D eigenvalue weighted by atomic mass is 10.0. The molecule has 0 fully saturated rings. The van der Waals surface area contributed by atoms with E-state index in [0.29, 0.717) is 19.4 Å². The van der Waals surface area contributed by atoms with Gasteiger partial charge in [0.15, 0.2) is 0 Å². The lowest BCUT2D eigenvalue weighted by Crippen LogP contribution is -2.45. The number of hydrogen-bond donors (Lipinski definition) is 3. The van der Waals surface area contributed by atoms with Crippen molar-refractivity contribution in [2.75, 3.05) is 13.2 Å². The summed E-state index contributed by atoms with van der Waals surface area (Å²) in [7, 11) is 0. The van der Waals surface area contributed by atoms with E-state index in [1.54, 1.807) is 6.08 Å². The summed E-state index contributed by atoms with van der Waals surface area (Å²) in [5, 5.41) is 22.9. The maximum atomic E-state index is 12.4. The van der Waals surface area contributed by atoms with Crippen LogP contribution in [0.4, 0.5) is 0 Å². The number of rotatable bonds is 46. The maximum absolute atomic E-state index is 12.4. The van der Waals surface area contributed by atoms with Crippen molar-refractivity contribution in [3.63, 3.8) is 0 Å². The molecule has 0 aliphatic rings. The zero-order valence-corrected chi connectivity index (χ0v) is 38.5. The first kappa shape index (κ1) is 56.1. The Kier molecular flexibility index (Phi) is 46.2. The summed E-state index contributed by atoms with van der Waals surface area (Å²) in [4.78, 5) is 24.4. The smallest absolute Gasteiger partial charge is 0.305 e. The largest absolute Gasteiger partial charge is 0.466 e. The molecule has 1 amide bonds. The summed E-state index contributed by atoms with van der Waals surface area (Å²) in [6.07, 6.45) is 57.2. The standard InChI is InChI=1S/C52H97NO5/c1-3-5-7-9-11-13-15-16-17-20-23-26-30-34-38-42-46-52(57)58-47-43-39-35-31-27-24-21-18-19-22-25-29-33-37-41-45-51(56)53-49(48-54)50(55)44-40-36-32-28-14-12-10-8-6-4-2/h18,21,24,27,40,44,49-50,54-55H,3-17,19-20,22-23,25-26,28-39,41-43,45-48H2,1-2H3,(H,53,56)/b21-18-,27-24-,44-40+. The maximum Gasteiger partial charge on any atom is 0.305 e. The Balaban J connectivity index is 3.52. The molecule has 0 bridgehead atoms. The van der Waals surface area contributed by atoms with E-state index in [4.69, 9.17) is 4.74 Å².